The number of methoxy groups -OCH3 is 1. The topological polar surface area (TPSA) is 50.6 Å². The van der Waals surface area contributed by atoms with Crippen molar-refractivity contribution in [1.29, 1.82) is 0 Å². The lowest BCUT2D eigenvalue weighted by atomic mass is 10.0. The fourth-order valence-electron chi connectivity index (χ4n) is 5.61. The molecule has 2 aromatic carbocycles. The molecule has 190 valence electrons. The van der Waals surface area contributed by atoms with Crippen LogP contribution >= 0.6 is 0 Å². The normalized spacial score (nSPS) is 16.2. The van der Waals surface area contributed by atoms with E-state index in [9.17, 15) is 9.18 Å². The second kappa shape index (κ2) is 10.8. The molecule has 0 atom stereocenters. The number of halogens is 1. The molecule has 0 unspecified atom stereocenters. The van der Waals surface area contributed by atoms with Crippen molar-refractivity contribution in [3.63, 3.8) is 0 Å². The highest BCUT2D eigenvalue weighted by Gasteiger charge is 2.31. The van der Waals surface area contributed by atoms with E-state index in [4.69, 9.17) is 9.84 Å². The van der Waals surface area contributed by atoms with Crippen LogP contribution in [0.2, 0.25) is 0 Å². The molecule has 2 aliphatic rings. The van der Waals surface area contributed by atoms with Gasteiger partial charge in [-0.15, -0.1) is 0 Å². The fraction of sp³-hybridized carbons (Fsp3) is 0.448. The molecule has 36 heavy (non-hydrogen) atoms. The molecule has 1 amide bonds. The standard InChI is InChI=1S/C29H35FN4O2/c1-3-33(29(35)22-8-4-5-9-22)20-25-24-19-32(18-21-12-14-23(30)15-13-21)17-16-26(24)34(31-25)27-10-6-7-11-28(27)36-2/h6-7,10-15,22H,3-5,8-9,16-20H2,1-2H3. The van der Waals surface area contributed by atoms with Crippen molar-refractivity contribution in [2.24, 2.45) is 5.92 Å². The van der Waals surface area contributed by atoms with E-state index in [1.165, 1.54) is 23.4 Å². The lowest BCUT2D eigenvalue weighted by Gasteiger charge is -2.29. The van der Waals surface area contributed by atoms with Crippen LogP contribution in [0.25, 0.3) is 5.69 Å². The predicted molar refractivity (Wildman–Crippen MR) is 137 cm³/mol. The largest absolute Gasteiger partial charge is 0.494 e. The SMILES string of the molecule is CCN(Cc1nn(-c2ccccc2OC)c2c1CN(Cc1ccc(F)cc1)CC2)C(=O)C1CCCC1. The van der Waals surface area contributed by atoms with E-state index in [-0.39, 0.29) is 17.6 Å². The highest BCUT2D eigenvalue weighted by Crippen LogP contribution is 2.32. The number of fused-ring (bicyclic) bond motifs is 1. The average Bonchev–Trinajstić information content (AvgIpc) is 3.57. The summed E-state index contributed by atoms with van der Waals surface area (Å²) in [6.45, 7) is 5.61. The van der Waals surface area contributed by atoms with E-state index >= 15 is 0 Å². The third-order valence-corrected chi connectivity index (χ3v) is 7.59. The summed E-state index contributed by atoms with van der Waals surface area (Å²) in [7, 11) is 1.68. The van der Waals surface area contributed by atoms with Crippen molar-refractivity contribution >= 4 is 5.91 Å². The molecule has 0 N–H and O–H groups in total. The van der Waals surface area contributed by atoms with Gasteiger partial charge in [0.25, 0.3) is 0 Å². The average molecular weight is 491 g/mol. The maximum atomic E-state index is 13.4. The number of hydrogen-bond acceptors (Lipinski definition) is 4. The molecule has 1 aliphatic carbocycles. The molecule has 3 aromatic rings. The van der Waals surface area contributed by atoms with Gasteiger partial charge in [-0.25, -0.2) is 9.07 Å². The minimum absolute atomic E-state index is 0.145. The molecule has 2 heterocycles. The summed E-state index contributed by atoms with van der Waals surface area (Å²) in [6.07, 6.45) is 5.11. The van der Waals surface area contributed by atoms with Gasteiger partial charge in [0.1, 0.15) is 17.3 Å². The Morgan fingerprint density at radius 2 is 1.89 bits per heavy atom. The Hall–Kier alpha value is -3.19. The maximum Gasteiger partial charge on any atom is 0.226 e. The number of aromatic nitrogens is 2. The van der Waals surface area contributed by atoms with Crippen LogP contribution in [0.1, 0.15) is 55.1 Å². The third-order valence-electron chi connectivity index (χ3n) is 7.59. The van der Waals surface area contributed by atoms with Crippen LogP contribution in [0.5, 0.6) is 5.75 Å². The first-order valence-electron chi connectivity index (χ1n) is 13.1. The molecular formula is C29H35FN4O2. The molecule has 1 aromatic heterocycles. The van der Waals surface area contributed by atoms with E-state index < -0.39 is 0 Å². The van der Waals surface area contributed by atoms with Crippen molar-refractivity contribution in [3.8, 4) is 11.4 Å². The van der Waals surface area contributed by atoms with Crippen molar-refractivity contribution in [2.75, 3.05) is 20.2 Å². The fourth-order valence-corrected chi connectivity index (χ4v) is 5.61. The first-order chi connectivity index (χ1) is 17.6. The summed E-state index contributed by atoms with van der Waals surface area (Å²) in [5, 5.41) is 5.09. The van der Waals surface area contributed by atoms with Gasteiger partial charge in [-0.2, -0.15) is 5.10 Å². The summed E-state index contributed by atoms with van der Waals surface area (Å²) >= 11 is 0. The summed E-state index contributed by atoms with van der Waals surface area (Å²) in [5.74, 6) is 0.964. The summed E-state index contributed by atoms with van der Waals surface area (Å²) in [6, 6.07) is 14.7. The quantitative estimate of drug-likeness (QED) is 0.440. The van der Waals surface area contributed by atoms with E-state index in [1.54, 1.807) is 7.11 Å². The number of rotatable bonds is 8. The van der Waals surface area contributed by atoms with E-state index in [0.29, 0.717) is 13.1 Å². The molecule has 7 heteroatoms. The number of carbonyl (C=O) groups excluding carboxylic acids is 1. The van der Waals surface area contributed by atoms with E-state index in [2.05, 4.69) is 11.8 Å². The van der Waals surface area contributed by atoms with Gasteiger partial charge >= 0.3 is 0 Å². The summed E-state index contributed by atoms with van der Waals surface area (Å²) in [4.78, 5) is 17.6. The Bertz CT molecular complexity index is 1200. The predicted octanol–water partition coefficient (Wildman–Crippen LogP) is 5.12. The van der Waals surface area contributed by atoms with Crippen molar-refractivity contribution in [1.82, 2.24) is 19.6 Å². The zero-order chi connectivity index (χ0) is 25.1. The molecule has 0 saturated heterocycles. The highest BCUT2D eigenvalue weighted by molar-refractivity contribution is 5.79. The first kappa shape index (κ1) is 24.5. The minimum atomic E-state index is -0.216. The van der Waals surface area contributed by atoms with Crippen molar-refractivity contribution < 1.29 is 13.9 Å². The minimum Gasteiger partial charge on any atom is -0.494 e. The van der Waals surface area contributed by atoms with Crippen LogP contribution in [0.3, 0.4) is 0 Å². The number of ether oxygens (including phenoxy) is 1. The Morgan fingerprint density at radius 3 is 2.61 bits per heavy atom. The number of para-hydroxylation sites is 2. The van der Waals surface area contributed by atoms with Gasteiger partial charge in [0.15, 0.2) is 0 Å². The van der Waals surface area contributed by atoms with Crippen LogP contribution in [-0.4, -0.2) is 45.7 Å². The lowest BCUT2D eigenvalue weighted by Crippen LogP contribution is -2.36. The van der Waals surface area contributed by atoms with Gasteiger partial charge in [0.2, 0.25) is 5.91 Å². The van der Waals surface area contributed by atoms with Crippen LogP contribution < -0.4 is 4.74 Å². The zero-order valence-electron chi connectivity index (χ0n) is 21.3. The highest BCUT2D eigenvalue weighted by atomic mass is 19.1. The second-order valence-corrected chi connectivity index (χ2v) is 9.88. The molecule has 1 aliphatic heterocycles. The van der Waals surface area contributed by atoms with Gasteiger partial charge in [-0.05, 0) is 49.6 Å². The lowest BCUT2D eigenvalue weighted by molar-refractivity contribution is -0.135. The van der Waals surface area contributed by atoms with Gasteiger partial charge in [-0.3, -0.25) is 9.69 Å². The Morgan fingerprint density at radius 1 is 1.14 bits per heavy atom. The smallest absolute Gasteiger partial charge is 0.226 e. The monoisotopic (exact) mass is 490 g/mol. The Labute approximate surface area is 212 Å². The molecular weight excluding hydrogens is 455 g/mol. The number of benzene rings is 2. The zero-order valence-corrected chi connectivity index (χ0v) is 21.3. The van der Waals surface area contributed by atoms with Crippen LogP contribution in [-0.2, 0) is 30.8 Å². The number of hydrogen-bond donors (Lipinski definition) is 0. The van der Waals surface area contributed by atoms with Gasteiger partial charge < -0.3 is 9.64 Å². The van der Waals surface area contributed by atoms with E-state index in [0.717, 1.165) is 74.4 Å². The molecule has 1 saturated carbocycles. The maximum absolute atomic E-state index is 13.4. The number of carbonyl (C=O) groups is 1. The van der Waals surface area contributed by atoms with E-state index in [1.807, 2.05) is 46.0 Å². The molecule has 5 rings (SSSR count). The molecule has 0 bridgehead atoms. The molecule has 0 radical (unpaired) electrons. The number of nitrogens with zero attached hydrogens (tertiary/aromatic N) is 4. The van der Waals surface area contributed by atoms with Gasteiger partial charge in [0, 0.05) is 44.1 Å². The third kappa shape index (κ3) is 5.03. The van der Waals surface area contributed by atoms with Crippen LogP contribution in [0.15, 0.2) is 48.5 Å². The van der Waals surface area contributed by atoms with Gasteiger partial charge in [-0.1, -0.05) is 37.1 Å². The van der Waals surface area contributed by atoms with Crippen molar-refractivity contribution in [2.45, 2.75) is 58.7 Å². The van der Waals surface area contributed by atoms with Crippen LogP contribution in [0, 0.1) is 11.7 Å². The Balaban J connectivity index is 1.47. The summed E-state index contributed by atoms with van der Waals surface area (Å²) < 4.78 is 21.1. The first-order valence-corrected chi connectivity index (χ1v) is 13.1. The molecule has 0 spiro atoms. The molecule has 6 nitrogen and oxygen atoms in total. The number of amides is 1. The van der Waals surface area contributed by atoms with Crippen LogP contribution in [0.4, 0.5) is 4.39 Å². The summed E-state index contributed by atoms with van der Waals surface area (Å²) in [5.41, 5.74) is 5.32. The Kier molecular flexibility index (Phi) is 7.37. The second-order valence-electron chi connectivity index (χ2n) is 9.88. The van der Waals surface area contributed by atoms with Crippen molar-refractivity contribution in [3.05, 3.63) is 76.9 Å². The van der Waals surface area contributed by atoms with Gasteiger partial charge in [0.05, 0.1) is 25.0 Å². The molecule has 1 fully saturated rings.